The van der Waals surface area contributed by atoms with Gasteiger partial charge in [0.2, 0.25) is 5.91 Å². The average molecular weight is 460 g/mol. The summed E-state index contributed by atoms with van der Waals surface area (Å²) in [7, 11) is 1.77. The van der Waals surface area contributed by atoms with Crippen molar-refractivity contribution in [2.24, 2.45) is 16.6 Å². The molecule has 2 heterocycles. The summed E-state index contributed by atoms with van der Waals surface area (Å²) in [5, 5.41) is 6.59. The van der Waals surface area contributed by atoms with E-state index in [2.05, 4.69) is 38.5 Å². The summed E-state index contributed by atoms with van der Waals surface area (Å²) in [6.45, 7) is 5.28. The summed E-state index contributed by atoms with van der Waals surface area (Å²) in [4.78, 5) is 22.3. The summed E-state index contributed by atoms with van der Waals surface area (Å²) < 4.78 is 0. The van der Waals surface area contributed by atoms with Crippen LogP contribution in [0.2, 0.25) is 0 Å². The van der Waals surface area contributed by atoms with E-state index in [1.54, 1.807) is 7.05 Å². The van der Waals surface area contributed by atoms with E-state index in [4.69, 9.17) is 5.73 Å². The number of rotatable bonds is 6. The van der Waals surface area contributed by atoms with Gasteiger partial charge in [0.25, 0.3) is 0 Å². The molecule has 7 nitrogen and oxygen atoms in total. The molecule has 0 unspecified atom stereocenters. The Labute approximate surface area is 166 Å². The van der Waals surface area contributed by atoms with Gasteiger partial charge in [-0.2, -0.15) is 0 Å². The lowest BCUT2D eigenvalue weighted by Gasteiger charge is -2.32. The number of carbonyl (C=O) groups is 1. The van der Waals surface area contributed by atoms with Crippen molar-refractivity contribution >= 4 is 41.7 Å². The Morgan fingerprint density at radius 2 is 2.12 bits per heavy atom. The maximum absolute atomic E-state index is 11.3. The predicted octanol–water partition coefficient (Wildman–Crippen LogP) is 1.48. The SMILES string of the molecule is CCCNC(=NC)NCc1cccnc1N1CCC(C(N)=O)CC1.I. The van der Waals surface area contributed by atoms with Gasteiger partial charge in [0.05, 0.1) is 0 Å². The highest BCUT2D eigenvalue weighted by atomic mass is 127. The molecule has 140 valence electrons. The second-order valence-electron chi connectivity index (χ2n) is 6.00. The fourth-order valence-corrected chi connectivity index (χ4v) is 2.87. The molecule has 1 aromatic heterocycles. The monoisotopic (exact) mass is 460 g/mol. The number of pyridine rings is 1. The quantitative estimate of drug-likeness (QED) is 0.340. The van der Waals surface area contributed by atoms with Crippen LogP contribution in [0, 0.1) is 5.92 Å². The Morgan fingerprint density at radius 1 is 1.40 bits per heavy atom. The standard InChI is InChI=1S/C17H28N6O.HI/c1-3-8-21-17(19-2)22-12-14-5-4-9-20-16(14)23-10-6-13(7-11-23)15(18)24;/h4-5,9,13H,3,6-8,10-12H2,1-2H3,(H2,18,24)(H2,19,21,22);1H. The molecule has 1 amide bonds. The van der Waals surface area contributed by atoms with Crippen LogP contribution < -0.4 is 21.3 Å². The Bertz CT molecular complexity index is 572. The van der Waals surface area contributed by atoms with Crippen molar-refractivity contribution in [3.63, 3.8) is 0 Å². The van der Waals surface area contributed by atoms with E-state index in [1.807, 2.05) is 12.3 Å². The van der Waals surface area contributed by atoms with Gasteiger partial charge >= 0.3 is 0 Å². The topological polar surface area (TPSA) is 95.6 Å². The molecule has 1 aliphatic rings. The molecule has 0 saturated carbocycles. The van der Waals surface area contributed by atoms with E-state index in [9.17, 15) is 4.79 Å². The highest BCUT2D eigenvalue weighted by Gasteiger charge is 2.24. The number of halogens is 1. The van der Waals surface area contributed by atoms with Crippen LogP contribution >= 0.6 is 24.0 Å². The first-order valence-corrected chi connectivity index (χ1v) is 8.58. The molecule has 0 bridgehead atoms. The van der Waals surface area contributed by atoms with Crippen LogP contribution in [-0.4, -0.2) is 43.5 Å². The second kappa shape index (κ2) is 11.1. The molecule has 2 rings (SSSR count). The summed E-state index contributed by atoms with van der Waals surface area (Å²) >= 11 is 0. The lowest BCUT2D eigenvalue weighted by Crippen LogP contribution is -2.40. The molecular formula is C17H29IN6O. The van der Waals surface area contributed by atoms with Gasteiger partial charge in [0.15, 0.2) is 5.96 Å². The summed E-state index contributed by atoms with van der Waals surface area (Å²) in [5.41, 5.74) is 6.53. The first-order valence-electron chi connectivity index (χ1n) is 8.58. The zero-order valence-corrected chi connectivity index (χ0v) is 17.3. The van der Waals surface area contributed by atoms with E-state index in [1.165, 1.54) is 0 Å². The maximum Gasteiger partial charge on any atom is 0.220 e. The lowest BCUT2D eigenvalue weighted by atomic mass is 9.96. The molecule has 0 radical (unpaired) electrons. The molecule has 1 fully saturated rings. The number of anilines is 1. The highest BCUT2D eigenvalue weighted by Crippen LogP contribution is 2.24. The van der Waals surface area contributed by atoms with Crippen molar-refractivity contribution in [1.82, 2.24) is 15.6 Å². The average Bonchev–Trinajstić information content (AvgIpc) is 2.62. The largest absolute Gasteiger partial charge is 0.369 e. The van der Waals surface area contributed by atoms with E-state index in [-0.39, 0.29) is 35.8 Å². The molecular weight excluding hydrogens is 431 g/mol. The number of aliphatic imine (C=N–C) groups is 1. The van der Waals surface area contributed by atoms with Crippen LogP contribution in [0.3, 0.4) is 0 Å². The fourth-order valence-electron chi connectivity index (χ4n) is 2.87. The molecule has 25 heavy (non-hydrogen) atoms. The smallest absolute Gasteiger partial charge is 0.220 e. The van der Waals surface area contributed by atoms with Crippen LogP contribution in [0.1, 0.15) is 31.7 Å². The first-order chi connectivity index (χ1) is 11.7. The Kier molecular flexibility index (Phi) is 9.54. The number of nitrogens with zero attached hydrogens (tertiary/aromatic N) is 3. The molecule has 8 heteroatoms. The van der Waals surface area contributed by atoms with Gasteiger partial charge in [-0.15, -0.1) is 24.0 Å². The number of guanidine groups is 1. The number of nitrogens with one attached hydrogen (secondary N) is 2. The highest BCUT2D eigenvalue weighted by molar-refractivity contribution is 14.0. The summed E-state index contributed by atoms with van der Waals surface area (Å²) in [5.74, 6) is 1.56. The van der Waals surface area contributed by atoms with Gasteiger partial charge in [-0.3, -0.25) is 9.79 Å². The van der Waals surface area contributed by atoms with Crippen LogP contribution in [0.4, 0.5) is 5.82 Å². The molecule has 1 aromatic rings. The maximum atomic E-state index is 11.3. The molecule has 0 atom stereocenters. The lowest BCUT2D eigenvalue weighted by molar-refractivity contribution is -0.122. The van der Waals surface area contributed by atoms with E-state index in [0.29, 0.717) is 6.54 Å². The van der Waals surface area contributed by atoms with Gasteiger partial charge in [-0.25, -0.2) is 4.98 Å². The molecule has 4 N–H and O–H groups in total. The predicted molar refractivity (Wildman–Crippen MR) is 112 cm³/mol. The van der Waals surface area contributed by atoms with Crippen molar-refractivity contribution in [3.8, 4) is 0 Å². The Balaban J connectivity index is 0.00000312. The van der Waals surface area contributed by atoms with E-state index >= 15 is 0 Å². The van der Waals surface area contributed by atoms with Crippen molar-refractivity contribution < 1.29 is 4.79 Å². The molecule has 0 aromatic carbocycles. The number of piperidine rings is 1. The molecule has 0 spiro atoms. The summed E-state index contributed by atoms with van der Waals surface area (Å²) in [6.07, 6.45) is 4.44. The van der Waals surface area contributed by atoms with Gasteiger partial charge in [-0.05, 0) is 25.3 Å². The van der Waals surface area contributed by atoms with Gasteiger partial charge in [0, 0.05) is 50.9 Å². The van der Waals surface area contributed by atoms with E-state index < -0.39 is 0 Å². The van der Waals surface area contributed by atoms with Crippen LogP contribution in [0.5, 0.6) is 0 Å². The second-order valence-corrected chi connectivity index (χ2v) is 6.00. The number of hydrogen-bond donors (Lipinski definition) is 3. The third kappa shape index (κ3) is 6.33. The van der Waals surface area contributed by atoms with Crippen molar-refractivity contribution in [2.75, 3.05) is 31.6 Å². The van der Waals surface area contributed by atoms with Crippen LogP contribution in [0.15, 0.2) is 23.3 Å². The summed E-state index contributed by atoms with van der Waals surface area (Å²) in [6, 6.07) is 4.02. The third-order valence-corrected chi connectivity index (χ3v) is 4.28. The van der Waals surface area contributed by atoms with Gasteiger partial charge in [-0.1, -0.05) is 13.0 Å². The molecule has 1 saturated heterocycles. The third-order valence-electron chi connectivity index (χ3n) is 4.28. The van der Waals surface area contributed by atoms with E-state index in [0.717, 1.165) is 56.2 Å². The number of hydrogen-bond acceptors (Lipinski definition) is 4. The number of aromatic nitrogens is 1. The molecule has 1 aliphatic heterocycles. The van der Waals surface area contributed by atoms with Gasteiger partial charge < -0.3 is 21.3 Å². The number of nitrogens with two attached hydrogens (primary N) is 1. The normalized spacial score (nSPS) is 15.4. The minimum Gasteiger partial charge on any atom is -0.369 e. The van der Waals surface area contributed by atoms with Crippen LogP contribution in [0.25, 0.3) is 0 Å². The Hall–Kier alpha value is -1.58. The minimum atomic E-state index is -0.191. The molecule has 0 aliphatic carbocycles. The fraction of sp³-hybridized carbons (Fsp3) is 0.588. The Morgan fingerprint density at radius 3 is 2.72 bits per heavy atom. The van der Waals surface area contributed by atoms with Crippen LogP contribution in [-0.2, 0) is 11.3 Å². The first kappa shape index (κ1) is 21.5. The minimum absolute atomic E-state index is 0. The van der Waals surface area contributed by atoms with Gasteiger partial charge in [0.1, 0.15) is 5.82 Å². The van der Waals surface area contributed by atoms with Crippen molar-refractivity contribution in [3.05, 3.63) is 23.9 Å². The zero-order chi connectivity index (χ0) is 17.4. The number of carbonyl (C=O) groups excluding carboxylic acids is 1. The zero-order valence-electron chi connectivity index (χ0n) is 15.0. The number of primary amides is 1. The van der Waals surface area contributed by atoms with Crippen molar-refractivity contribution in [2.45, 2.75) is 32.7 Å². The number of amides is 1. The van der Waals surface area contributed by atoms with Crippen molar-refractivity contribution in [1.29, 1.82) is 0 Å².